The van der Waals surface area contributed by atoms with Crippen LogP contribution in [0.15, 0.2) is 0 Å². The first-order valence-electron chi connectivity index (χ1n) is 8.37. The summed E-state index contributed by atoms with van der Waals surface area (Å²) < 4.78 is 29.3. The Hall–Kier alpha value is -0.860. The molecule has 0 aromatic carbocycles. The van der Waals surface area contributed by atoms with Crippen molar-refractivity contribution in [2.45, 2.75) is 31.1 Å². The fraction of sp³-hybridized carbons (Fsp3) is 0.933. The standard InChI is InChI=1S/C15H27N3O4S/c1-15(2,18-4-6-22-7-5-18)11-16-14(19)17-9-12-3-8-23(20,21)13(12)10-17/h12-13H,3-11H2,1-2H3,(H,16,19)/t12-,13+/m0/s1. The minimum absolute atomic E-state index is 0.123. The van der Waals surface area contributed by atoms with Crippen LogP contribution in [0.5, 0.6) is 0 Å². The van der Waals surface area contributed by atoms with Crippen molar-refractivity contribution >= 4 is 15.9 Å². The number of fused-ring (bicyclic) bond motifs is 1. The van der Waals surface area contributed by atoms with Crippen LogP contribution in [-0.2, 0) is 14.6 Å². The van der Waals surface area contributed by atoms with Crippen molar-refractivity contribution in [1.82, 2.24) is 15.1 Å². The van der Waals surface area contributed by atoms with Gasteiger partial charge in [0.05, 0.1) is 24.2 Å². The van der Waals surface area contributed by atoms with E-state index >= 15 is 0 Å². The maximum Gasteiger partial charge on any atom is 0.317 e. The van der Waals surface area contributed by atoms with Crippen LogP contribution in [0, 0.1) is 5.92 Å². The average Bonchev–Trinajstić information content (AvgIpc) is 3.07. The van der Waals surface area contributed by atoms with Crippen molar-refractivity contribution in [3.63, 3.8) is 0 Å². The number of sulfone groups is 1. The second-order valence-corrected chi connectivity index (χ2v) is 9.77. The molecule has 3 aliphatic heterocycles. The fourth-order valence-electron chi connectivity index (χ4n) is 3.84. The van der Waals surface area contributed by atoms with E-state index in [-0.39, 0.29) is 28.5 Å². The molecule has 0 aliphatic carbocycles. The van der Waals surface area contributed by atoms with E-state index in [0.29, 0.717) is 26.1 Å². The van der Waals surface area contributed by atoms with Crippen molar-refractivity contribution in [2.75, 3.05) is 51.7 Å². The Morgan fingerprint density at radius 3 is 2.61 bits per heavy atom. The lowest BCUT2D eigenvalue weighted by Crippen LogP contribution is -2.56. The molecule has 3 fully saturated rings. The number of likely N-dealkylation sites (tertiary alicyclic amines) is 1. The summed E-state index contributed by atoms with van der Waals surface area (Å²) in [5.41, 5.74) is -0.138. The molecular weight excluding hydrogens is 318 g/mol. The second-order valence-electron chi connectivity index (χ2n) is 7.43. The van der Waals surface area contributed by atoms with E-state index in [2.05, 4.69) is 24.1 Å². The quantitative estimate of drug-likeness (QED) is 0.774. The molecule has 3 aliphatic rings. The van der Waals surface area contributed by atoms with Gasteiger partial charge in [0, 0.05) is 38.3 Å². The first-order chi connectivity index (χ1) is 10.8. The van der Waals surface area contributed by atoms with Crippen molar-refractivity contribution < 1.29 is 17.9 Å². The Balaban J connectivity index is 1.52. The Morgan fingerprint density at radius 1 is 1.26 bits per heavy atom. The van der Waals surface area contributed by atoms with Crippen LogP contribution in [0.25, 0.3) is 0 Å². The summed E-state index contributed by atoms with van der Waals surface area (Å²) in [4.78, 5) is 16.4. The van der Waals surface area contributed by atoms with Crippen molar-refractivity contribution in [3.8, 4) is 0 Å². The minimum Gasteiger partial charge on any atom is -0.379 e. The van der Waals surface area contributed by atoms with Crippen molar-refractivity contribution in [1.29, 1.82) is 0 Å². The summed E-state index contributed by atoms with van der Waals surface area (Å²) in [7, 11) is -2.99. The molecule has 8 heteroatoms. The van der Waals surface area contributed by atoms with Gasteiger partial charge in [-0.15, -0.1) is 0 Å². The molecule has 0 saturated carbocycles. The zero-order chi connectivity index (χ0) is 16.7. The van der Waals surface area contributed by atoms with Gasteiger partial charge in [-0.25, -0.2) is 13.2 Å². The summed E-state index contributed by atoms with van der Waals surface area (Å²) in [6.07, 6.45) is 0.691. The largest absolute Gasteiger partial charge is 0.379 e. The Bertz CT molecular complexity index is 557. The SMILES string of the molecule is CC(C)(CNC(=O)N1C[C@@H]2CCS(=O)(=O)[C@@H]2C1)N1CCOCC1. The monoisotopic (exact) mass is 345 g/mol. The van der Waals surface area contributed by atoms with Crippen LogP contribution in [-0.4, -0.2) is 86.7 Å². The molecule has 7 nitrogen and oxygen atoms in total. The number of nitrogens with one attached hydrogen (secondary N) is 1. The highest BCUT2D eigenvalue weighted by atomic mass is 32.2. The summed E-state index contributed by atoms with van der Waals surface area (Å²) in [5.74, 6) is 0.403. The smallest absolute Gasteiger partial charge is 0.317 e. The van der Waals surface area contributed by atoms with Gasteiger partial charge in [0.25, 0.3) is 0 Å². The molecule has 0 unspecified atom stereocenters. The number of ether oxygens (including phenoxy) is 1. The van der Waals surface area contributed by atoms with Crippen molar-refractivity contribution in [3.05, 3.63) is 0 Å². The lowest BCUT2D eigenvalue weighted by molar-refractivity contribution is -0.00900. The molecule has 2 amide bonds. The first kappa shape index (κ1) is 17.0. The highest BCUT2D eigenvalue weighted by Crippen LogP contribution is 2.33. The predicted molar refractivity (Wildman–Crippen MR) is 87.1 cm³/mol. The van der Waals surface area contributed by atoms with Gasteiger partial charge in [0.1, 0.15) is 0 Å². The van der Waals surface area contributed by atoms with Gasteiger partial charge >= 0.3 is 6.03 Å². The van der Waals surface area contributed by atoms with Crippen molar-refractivity contribution in [2.24, 2.45) is 5.92 Å². The molecule has 2 atom stereocenters. The fourth-order valence-corrected chi connectivity index (χ4v) is 5.99. The van der Waals surface area contributed by atoms with E-state index in [1.807, 2.05) is 0 Å². The number of nitrogens with zero attached hydrogens (tertiary/aromatic N) is 2. The lowest BCUT2D eigenvalue weighted by atomic mass is 10.0. The van der Waals surface area contributed by atoms with Crippen LogP contribution in [0.2, 0.25) is 0 Å². The van der Waals surface area contributed by atoms with E-state index in [9.17, 15) is 13.2 Å². The second kappa shape index (κ2) is 6.22. The molecule has 3 saturated heterocycles. The Kier molecular flexibility index (Phi) is 4.59. The number of hydrogen-bond donors (Lipinski definition) is 1. The van der Waals surface area contributed by atoms with Crippen LogP contribution in [0.1, 0.15) is 20.3 Å². The number of hydrogen-bond acceptors (Lipinski definition) is 5. The molecule has 0 aromatic heterocycles. The van der Waals surface area contributed by atoms with E-state index in [4.69, 9.17) is 4.74 Å². The van der Waals surface area contributed by atoms with E-state index in [0.717, 1.165) is 26.3 Å². The number of carbonyl (C=O) groups is 1. The van der Waals surface area contributed by atoms with E-state index in [1.54, 1.807) is 4.90 Å². The third kappa shape index (κ3) is 3.49. The molecular formula is C15H27N3O4S. The molecule has 1 N–H and O–H groups in total. The van der Waals surface area contributed by atoms with Gasteiger partial charge in [0.2, 0.25) is 0 Å². The van der Waals surface area contributed by atoms with Gasteiger partial charge in [0.15, 0.2) is 9.84 Å². The van der Waals surface area contributed by atoms with Gasteiger partial charge < -0.3 is 15.0 Å². The normalized spacial score (nSPS) is 31.1. The van der Waals surface area contributed by atoms with Crippen LogP contribution >= 0.6 is 0 Å². The van der Waals surface area contributed by atoms with Crippen LogP contribution in [0.4, 0.5) is 4.79 Å². The molecule has 3 rings (SSSR count). The zero-order valence-electron chi connectivity index (χ0n) is 14.0. The third-order valence-corrected chi connectivity index (χ3v) is 7.70. The highest BCUT2D eigenvalue weighted by molar-refractivity contribution is 7.92. The molecule has 23 heavy (non-hydrogen) atoms. The highest BCUT2D eigenvalue weighted by Gasteiger charge is 2.47. The maximum atomic E-state index is 12.4. The number of amides is 2. The van der Waals surface area contributed by atoms with E-state index < -0.39 is 9.84 Å². The van der Waals surface area contributed by atoms with Gasteiger partial charge in [-0.2, -0.15) is 0 Å². The summed E-state index contributed by atoms with van der Waals surface area (Å²) in [6, 6.07) is -0.143. The molecule has 3 heterocycles. The molecule has 132 valence electrons. The average molecular weight is 345 g/mol. The number of rotatable bonds is 3. The number of carbonyl (C=O) groups excluding carboxylic acids is 1. The van der Waals surface area contributed by atoms with Crippen LogP contribution in [0.3, 0.4) is 0 Å². The summed E-state index contributed by atoms with van der Waals surface area (Å²) in [6.45, 7) is 8.87. The molecule has 0 spiro atoms. The Labute approximate surface area is 138 Å². The zero-order valence-corrected chi connectivity index (χ0v) is 14.8. The first-order valence-corrected chi connectivity index (χ1v) is 10.1. The third-order valence-electron chi connectivity index (χ3n) is 5.44. The summed E-state index contributed by atoms with van der Waals surface area (Å²) in [5, 5.41) is 2.64. The van der Waals surface area contributed by atoms with E-state index in [1.165, 1.54) is 0 Å². The van der Waals surface area contributed by atoms with Gasteiger partial charge in [-0.1, -0.05) is 0 Å². The predicted octanol–water partition coefficient (Wildman–Crippen LogP) is -0.0743. The number of urea groups is 1. The van der Waals surface area contributed by atoms with Gasteiger partial charge in [-0.05, 0) is 26.2 Å². The molecule has 0 bridgehead atoms. The summed E-state index contributed by atoms with van der Waals surface area (Å²) >= 11 is 0. The molecule has 0 aromatic rings. The minimum atomic E-state index is -2.99. The Morgan fingerprint density at radius 2 is 1.96 bits per heavy atom. The van der Waals surface area contributed by atoms with Gasteiger partial charge in [-0.3, -0.25) is 4.90 Å². The van der Waals surface area contributed by atoms with Crippen LogP contribution < -0.4 is 5.32 Å². The molecule has 0 radical (unpaired) electrons. The lowest BCUT2D eigenvalue weighted by Gasteiger charge is -2.41. The maximum absolute atomic E-state index is 12.4. The number of morpholine rings is 1. The topological polar surface area (TPSA) is 79.0 Å².